The quantitative estimate of drug-likeness (QED) is 0.719. The largest absolute Gasteiger partial charge is 0.490 e. The highest BCUT2D eigenvalue weighted by Gasteiger charge is 2.22. The summed E-state index contributed by atoms with van der Waals surface area (Å²) in [6.07, 6.45) is 3.24. The number of benzene rings is 2. The van der Waals surface area contributed by atoms with Gasteiger partial charge in [0.1, 0.15) is 11.9 Å². The first kappa shape index (κ1) is 17.7. The van der Waals surface area contributed by atoms with Gasteiger partial charge in [0.25, 0.3) is 5.56 Å². The number of ether oxygens (including phenoxy) is 1. The molecule has 5 heteroatoms. The van der Waals surface area contributed by atoms with E-state index in [4.69, 9.17) is 4.74 Å². The van der Waals surface area contributed by atoms with E-state index in [9.17, 15) is 4.79 Å². The Labute approximate surface area is 168 Å². The lowest BCUT2D eigenvalue weighted by Gasteiger charge is -2.33. The molecule has 1 fully saturated rings. The predicted octanol–water partition coefficient (Wildman–Crippen LogP) is 4.37. The molecule has 1 saturated heterocycles. The van der Waals surface area contributed by atoms with E-state index in [0.29, 0.717) is 0 Å². The van der Waals surface area contributed by atoms with Gasteiger partial charge in [-0.2, -0.15) is 11.8 Å². The van der Waals surface area contributed by atoms with Crippen LogP contribution in [0.4, 0.5) is 5.69 Å². The van der Waals surface area contributed by atoms with Gasteiger partial charge in [-0.25, -0.2) is 0 Å². The maximum atomic E-state index is 12.3. The summed E-state index contributed by atoms with van der Waals surface area (Å²) in [5, 5.41) is 1.15. The van der Waals surface area contributed by atoms with Gasteiger partial charge in [0.05, 0.1) is 0 Å². The van der Waals surface area contributed by atoms with E-state index in [1.54, 1.807) is 0 Å². The molecule has 28 heavy (non-hydrogen) atoms. The minimum atomic E-state index is 0.0663. The average Bonchev–Trinajstić information content (AvgIpc) is 2.76. The molecule has 0 saturated carbocycles. The summed E-state index contributed by atoms with van der Waals surface area (Å²) in [7, 11) is 0. The smallest absolute Gasteiger partial charge is 0.252 e. The van der Waals surface area contributed by atoms with Crippen molar-refractivity contribution < 1.29 is 4.74 Å². The number of hydrogen-bond acceptors (Lipinski definition) is 4. The lowest BCUT2D eigenvalue weighted by atomic mass is 10.0. The highest BCUT2D eigenvalue weighted by Crippen LogP contribution is 2.31. The lowest BCUT2D eigenvalue weighted by molar-refractivity contribution is 0.171. The van der Waals surface area contributed by atoms with Crippen LogP contribution in [0.5, 0.6) is 5.75 Å². The first-order valence-electron chi connectivity index (χ1n) is 10.00. The van der Waals surface area contributed by atoms with Crippen molar-refractivity contribution >= 4 is 28.4 Å². The molecule has 1 N–H and O–H groups in total. The summed E-state index contributed by atoms with van der Waals surface area (Å²) in [4.78, 5) is 17.8. The number of fused-ring (bicyclic) bond motifs is 3. The van der Waals surface area contributed by atoms with Gasteiger partial charge >= 0.3 is 0 Å². The Balaban J connectivity index is 1.33. The van der Waals surface area contributed by atoms with Gasteiger partial charge in [0.2, 0.25) is 0 Å². The summed E-state index contributed by atoms with van der Waals surface area (Å²) in [5.41, 5.74) is 4.43. The second kappa shape index (κ2) is 7.55. The molecule has 1 aromatic heterocycles. The Morgan fingerprint density at radius 1 is 1.04 bits per heavy atom. The number of piperidine rings is 1. The number of nitrogens with one attached hydrogen (secondary N) is 1. The molecule has 3 aromatic rings. The van der Waals surface area contributed by atoms with Crippen molar-refractivity contribution in [3.8, 4) is 5.75 Å². The van der Waals surface area contributed by atoms with E-state index in [1.807, 2.05) is 23.9 Å². The van der Waals surface area contributed by atoms with Crippen molar-refractivity contribution in [1.29, 1.82) is 0 Å². The number of aryl methyl sites for hydroxylation is 1. The van der Waals surface area contributed by atoms with E-state index in [-0.39, 0.29) is 11.7 Å². The minimum absolute atomic E-state index is 0.0663. The van der Waals surface area contributed by atoms with Gasteiger partial charge in [-0.15, -0.1) is 0 Å². The van der Waals surface area contributed by atoms with Crippen LogP contribution in [-0.4, -0.2) is 29.9 Å². The number of rotatable bonds is 3. The molecular weight excluding hydrogens is 368 g/mol. The number of hydrogen-bond donors (Lipinski definition) is 1. The third kappa shape index (κ3) is 3.39. The van der Waals surface area contributed by atoms with Crippen LogP contribution in [0.15, 0.2) is 53.3 Å². The Bertz CT molecular complexity index is 1040. The van der Waals surface area contributed by atoms with Crippen LogP contribution in [0.3, 0.4) is 0 Å². The molecule has 5 rings (SSSR count). The molecule has 0 amide bonds. The Kier molecular flexibility index (Phi) is 4.77. The lowest BCUT2D eigenvalue weighted by Crippen LogP contribution is -2.38. The SMILES string of the molecule is O=c1[nH]c2ccc(OC3CCN(c4ccccc4)CC3)cc2c2c1CSCC2. The van der Waals surface area contributed by atoms with Crippen molar-refractivity contribution in [1.82, 2.24) is 4.98 Å². The second-order valence-electron chi connectivity index (χ2n) is 7.56. The van der Waals surface area contributed by atoms with E-state index >= 15 is 0 Å². The highest BCUT2D eigenvalue weighted by molar-refractivity contribution is 7.98. The molecule has 0 unspecified atom stereocenters. The molecular formula is C23H24N2O2S. The van der Waals surface area contributed by atoms with Crippen molar-refractivity contribution in [3.05, 3.63) is 70.0 Å². The fourth-order valence-electron chi connectivity index (χ4n) is 4.30. The van der Waals surface area contributed by atoms with E-state index in [1.165, 1.54) is 11.3 Å². The Morgan fingerprint density at radius 2 is 1.86 bits per heavy atom. The zero-order valence-electron chi connectivity index (χ0n) is 15.8. The number of aromatic amines is 1. The Hall–Kier alpha value is -2.40. The molecule has 0 atom stereocenters. The van der Waals surface area contributed by atoms with Crippen LogP contribution >= 0.6 is 11.8 Å². The van der Waals surface area contributed by atoms with Crippen LogP contribution in [-0.2, 0) is 12.2 Å². The molecule has 2 aliphatic heterocycles. The number of nitrogens with zero attached hydrogens (tertiary/aromatic N) is 1. The van der Waals surface area contributed by atoms with Crippen molar-refractivity contribution in [2.75, 3.05) is 23.7 Å². The normalized spacial score (nSPS) is 17.5. The number of aromatic nitrogens is 1. The third-order valence-electron chi connectivity index (χ3n) is 5.81. The van der Waals surface area contributed by atoms with E-state index in [2.05, 4.69) is 46.3 Å². The molecule has 0 aliphatic carbocycles. The van der Waals surface area contributed by atoms with Crippen molar-refractivity contribution in [2.24, 2.45) is 0 Å². The predicted molar refractivity (Wildman–Crippen MR) is 117 cm³/mol. The fraction of sp³-hybridized carbons (Fsp3) is 0.348. The van der Waals surface area contributed by atoms with Crippen molar-refractivity contribution in [2.45, 2.75) is 31.1 Å². The van der Waals surface area contributed by atoms with E-state index < -0.39 is 0 Å². The van der Waals surface area contributed by atoms with Crippen LogP contribution in [0.2, 0.25) is 0 Å². The van der Waals surface area contributed by atoms with Gasteiger partial charge in [0.15, 0.2) is 0 Å². The zero-order valence-corrected chi connectivity index (χ0v) is 16.6. The van der Waals surface area contributed by atoms with Crippen LogP contribution in [0.1, 0.15) is 24.0 Å². The fourth-order valence-corrected chi connectivity index (χ4v) is 5.30. The van der Waals surface area contributed by atoms with Crippen molar-refractivity contribution in [3.63, 3.8) is 0 Å². The summed E-state index contributed by atoms with van der Waals surface area (Å²) >= 11 is 1.84. The zero-order chi connectivity index (χ0) is 18.9. The van der Waals surface area contributed by atoms with Gasteiger partial charge in [-0.05, 0) is 48.1 Å². The number of pyridine rings is 1. The molecule has 144 valence electrons. The molecule has 0 bridgehead atoms. The van der Waals surface area contributed by atoms with E-state index in [0.717, 1.165) is 66.1 Å². The van der Waals surface area contributed by atoms with Crippen LogP contribution in [0.25, 0.3) is 10.9 Å². The van der Waals surface area contributed by atoms with Crippen LogP contribution < -0.4 is 15.2 Å². The standard InChI is InChI=1S/C23H24N2O2S/c26-23-21-15-28-13-10-19(21)20-14-18(6-7-22(20)24-23)27-17-8-11-25(12-9-17)16-4-2-1-3-5-16/h1-7,14,17H,8-13,15H2,(H,24,26). The third-order valence-corrected chi connectivity index (χ3v) is 6.80. The number of H-pyrrole nitrogens is 1. The summed E-state index contributed by atoms with van der Waals surface area (Å²) in [6, 6.07) is 16.7. The first-order chi connectivity index (χ1) is 13.8. The number of anilines is 1. The van der Waals surface area contributed by atoms with Crippen LogP contribution in [0, 0.1) is 0 Å². The summed E-state index contributed by atoms with van der Waals surface area (Å²) in [6.45, 7) is 2.03. The molecule has 3 heterocycles. The summed E-state index contributed by atoms with van der Waals surface area (Å²) < 4.78 is 6.34. The molecule has 4 nitrogen and oxygen atoms in total. The molecule has 2 aliphatic rings. The highest BCUT2D eigenvalue weighted by atomic mass is 32.2. The topological polar surface area (TPSA) is 45.3 Å². The van der Waals surface area contributed by atoms with Gasteiger partial charge in [-0.1, -0.05) is 18.2 Å². The Morgan fingerprint density at radius 3 is 2.68 bits per heavy atom. The van der Waals surface area contributed by atoms with Gasteiger partial charge in [-0.3, -0.25) is 4.79 Å². The molecule has 2 aromatic carbocycles. The summed E-state index contributed by atoms with van der Waals surface area (Å²) in [5.74, 6) is 2.80. The van der Waals surface area contributed by atoms with Gasteiger partial charge < -0.3 is 14.6 Å². The second-order valence-corrected chi connectivity index (χ2v) is 8.67. The van der Waals surface area contributed by atoms with Gasteiger partial charge in [0, 0.05) is 53.8 Å². The number of thioether (sulfide) groups is 1. The monoisotopic (exact) mass is 392 g/mol. The maximum Gasteiger partial charge on any atom is 0.252 e. The average molecular weight is 393 g/mol. The maximum absolute atomic E-state index is 12.3. The number of para-hydroxylation sites is 1. The first-order valence-corrected chi connectivity index (χ1v) is 11.2. The minimum Gasteiger partial charge on any atom is -0.490 e. The molecule has 0 spiro atoms. The molecule has 0 radical (unpaired) electrons.